The molecule has 7 nitrogen and oxygen atoms in total. The van der Waals surface area contributed by atoms with Gasteiger partial charge in [-0.25, -0.2) is 0 Å². The smallest absolute Gasteiger partial charge is 0.246 e. The summed E-state index contributed by atoms with van der Waals surface area (Å²) in [6.45, 7) is 3.75. The van der Waals surface area contributed by atoms with E-state index >= 15 is 0 Å². The molecule has 1 saturated carbocycles. The van der Waals surface area contributed by atoms with Gasteiger partial charge in [-0.3, -0.25) is 19.2 Å². The highest BCUT2D eigenvalue weighted by Crippen LogP contribution is 2.24. The minimum Gasteiger partial charge on any atom is -0.352 e. The number of carbonyl (C=O) groups is 2. The molecule has 1 aliphatic carbocycles. The van der Waals surface area contributed by atoms with Gasteiger partial charge < -0.3 is 10.2 Å². The van der Waals surface area contributed by atoms with Gasteiger partial charge in [-0.15, -0.1) is 0 Å². The molecule has 2 aliphatic rings. The van der Waals surface area contributed by atoms with Crippen LogP contribution in [0.25, 0.3) is 17.3 Å². The number of rotatable bonds is 8. The first-order valence-corrected chi connectivity index (χ1v) is 12.3. The average Bonchev–Trinajstić information content (AvgIpc) is 3.61. The van der Waals surface area contributed by atoms with Gasteiger partial charge in [-0.2, -0.15) is 5.10 Å². The number of carbonyl (C=O) groups excluding carboxylic acids is 2. The quantitative estimate of drug-likeness (QED) is 0.515. The molecule has 7 heteroatoms. The maximum atomic E-state index is 12.9. The van der Waals surface area contributed by atoms with Crippen molar-refractivity contribution in [1.29, 1.82) is 0 Å². The highest BCUT2D eigenvalue weighted by Gasteiger charge is 2.26. The van der Waals surface area contributed by atoms with E-state index in [9.17, 15) is 9.59 Å². The average molecular weight is 470 g/mol. The second-order valence-electron chi connectivity index (χ2n) is 9.26. The number of amides is 2. The Labute approximate surface area is 206 Å². The van der Waals surface area contributed by atoms with Crippen molar-refractivity contribution in [2.45, 2.75) is 25.4 Å². The molecule has 180 valence electrons. The lowest BCUT2D eigenvalue weighted by atomic mass is 10.1. The molecular weight excluding hydrogens is 438 g/mol. The van der Waals surface area contributed by atoms with E-state index in [-0.39, 0.29) is 11.8 Å². The molecule has 2 amide bonds. The molecule has 0 radical (unpaired) electrons. The summed E-state index contributed by atoms with van der Waals surface area (Å²) in [6, 6.07) is 20.6. The van der Waals surface area contributed by atoms with Gasteiger partial charge in [-0.05, 0) is 24.5 Å². The van der Waals surface area contributed by atoms with E-state index in [2.05, 4.69) is 22.3 Å². The summed E-state index contributed by atoms with van der Waals surface area (Å²) in [5.74, 6) is 0.0787. The summed E-state index contributed by atoms with van der Waals surface area (Å²) < 4.78 is 1.92. The third-order valence-electron chi connectivity index (χ3n) is 6.42. The molecule has 1 aromatic heterocycles. The van der Waals surface area contributed by atoms with Crippen LogP contribution in [0, 0.1) is 0 Å². The van der Waals surface area contributed by atoms with E-state index in [1.54, 1.807) is 6.08 Å². The topological polar surface area (TPSA) is 70.5 Å². The van der Waals surface area contributed by atoms with Crippen LogP contribution >= 0.6 is 0 Å². The fourth-order valence-corrected chi connectivity index (χ4v) is 4.33. The fraction of sp³-hybridized carbons (Fsp3) is 0.321. The molecule has 0 bridgehead atoms. The molecule has 0 unspecified atom stereocenters. The molecular formula is C28H31N5O2. The minimum absolute atomic E-state index is 0.0121. The Hall–Kier alpha value is -3.71. The molecule has 1 aliphatic heterocycles. The Kier molecular flexibility index (Phi) is 7.04. The van der Waals surface area contributed by atoms with E-state index in [1.807, 2.05) is 70.4 Å². The van der Waals surface area contributed by atoms with Gasteiger partial charge >= 0.3 is 0 Å². The van der Waals surface area contributed by atoms with Crippen molar-refractivity contribution >= 4 is 17.9 Å². The predicted molar refractivity (Wildman–Crippen MR) is 136 cm³/mol. The SMILES string of the molecule is O=C(CN1CCN(C(=O)C=Cc2cn(Cc3ccccc3)nc2-c2ccccc2)CC1)NC1CC1. The molecule has 1 saturated heterocycles. The van der Waals surface area contributed by atoms with Crippen molar-refractivity contribution in [1.82, 2.24) is 24.9 Å². The maximum absolute atomic E-state index is 12.9. The molecule has 1 N–H and O–H groups in total. The second kappa shape index (κ2) is 10.7. The number of nitrogens with one attached hydrogen (secondary N) is 1. The van der Waals surface area contributed by atoms with Gasteiger partial charge in [0.25, 0.3) is 0 Å². The number of piperazine rings is 1. The van der Waals surface area contributed by atoms with Crippen molar-refractivity contribution in [3.8, 4) is 11.3 Å². The zero-order valence-electron chi connectivity index (χ0n) is 19.8. The van der Waals surface area contributed by atoms with Crippen LogP contribution in [0.1, 0.15) is 24.0 Å². The van der Waals surface area contributed by atoms with Gasteiger partial charge in [0.15, 0.2) is 0 Å². The highest BCUT2D eigenvalue weighted by molar-refractivity contribution is 5.93. The van der Waals surface area contributed by atoms with Crippen LogP contribution in [0.5, 0.6) is 0 Å². The van der Waals surface area contributed by atoms with Gasteiger partial charge in [0.1, 0.15) is 0 Å². The Morgan fingerprint density at radius 3 is 2.31 bits per heavy atom. The number of hydrogen-bond acceptors (Lipinski definition) is 4. The molecule has 2 heterocycles. The molecule has 2 fully saturated rings. The zero-order valence-corrected chi connectivity index (χ0v) is 19.8. The number of aromatic nitrogens is 2. The summed E-state index contributed by atoms with van der Waals surface area (Å²) in [7, 11) is 0. The molecule has 2 aromatic carbocycles. The van der Waals surface area contributed by atoms with Crippen LogP contribution in [0.2, 0.25) is 0 Å². The molecule has 0 atom stereocenters. The lowest BCUT2D eigenvalue weighted by Gasteiger charge is -2.33. The van der Waals surface area contributed by atoms with E-state index in [0.29, 0.717) is 45.3 Å². The van der Waals surface area contributed by atoms with E-state index in [4.69, 9.17) is 5.10 Å². The first-order valence-electron chi connectivity index (χ1n) is 12.3. The van der Waals surface area contributed by atoms with Gasteiger partial charge in [0, 0.05) is 55.6 Å². The zero-order chi connectivity index (χ0) is 24.0. The summed E-state index contributed by atoms with van der Waals surface area (Å²) in [5.41, 5.74) is 3.96. The standard InChI is InChI=1S/C28H31N5O2/c34-26(29-25-12-13-25)21-31-15-17-32(18-16-31)27(35)14-11-24-20-33(19-22-7-3-1-4-8-22)30-28(24)23-9-5-2-6-10-23/h1-11,14,20,25H,12-13,15-19,21H2,(H,29,34). The Bertz CT molecular complexity index is 1180. The van der Waals surface area contributed by atoms with E-state index < -0.39 is 0 Å². The maximum Gasteiger partial charge on any atom is 0.246 e. The first kappa shape index (κ1) is 23.1. The Morgan fingerprint density at radius 2 is 1.63 bits per heavy atom. The van der Waals surface area contributed by atoms with Crippen LogP contribution in [0.4, 0.5) is 0 Å². The van der Waals surface area contributed by atoms with Gasteiger partial charge in [0.2, 0.25) is 11.8 Å². The van der Waals surface area contributed by atoms with Crippen molar-refractivity contribution in [2.75, 3.05) is 32.7 Å². The summed E-state index contributed by atoms with van der Waals surface area (Å²) >= 11 is 0. The van der Waals surface area contributed by atoms with Crippen molar-refractivity contribution < 1.29 is 9.59 Å². The number of nitrogens with zero attached hydrogens (tertiary/aromatic N) is 4. The van der Waals surface area contributed by atoms with Crippen molar-refractivity contribution in [2.24, 2.45) is 0 Å². The Morgan fingerprint density at radius 1 is 0.943 bits per heavy atom. The van der Waals surface area contributed by atoms with E-state index in [0.717, 1.165) is 29.7 Å². The summed E-state index contributed by atoms with van der Waals surface area (Å²) in [5, 5.41) is 7.85. The minimum atomic E-state index is -0.0121. The molecule has 5 rings (SSSR count). The third-order valence-corrected chi connectivity index (χ3v) is 6.42. The molecule has 3 aromatic rings. The van der Waals surface area contributed by atoms with Crippen LogP contribution in [0.3, 0.4) is 0 Å². The van der Waals surface area contributed by atoms with E-state index in [1.165, 1.54) is 5.56 Å². The lowest BCUT2D eigenvalue weighted by molar-refractivity contribution is -0.128. The Balaban J connectivity index is 1.23. The molecule has 35 heavy (non-hydrogen) atoms. The molecule has 0 spiro atoms. The summed E-state index contributed by atoms with van der Waals surface area (Å²) in [6.07, 6.45) is 7.70. The third kappa shape index (κ3) is 6.25. The lowest BCUT2D eigenvalue weighted by Crippen LogP contribution is -2.51. The predicted octanol–water partition coefficient (Wildman–Crippen LogP) is 3.03. The normalized spacial score (nSPS) is 16.5. The van der Waals surface area contributed by atoms with Crippen molar-refractivity contribution in [3.05, 3.63) is 84.1 Å². The van der Waals surface area contributed by atoms with Crippen LogP contribution in [-0.2, 0) is 16.1 Å². The number of hydrogen-bond donors (Lipinski definition) is 1. The monoisotopic (exact) mass is 469 g/mol. The van der Waals surface area contributed by atoms with Crippen LogP contribution < -0.4 is 5.32 Å². The van der Waals surface area contributed by atoms with Gasteiger partial charge in [0.05, 0.1) is 18.8 Å². The van der Waals surface area contributed by atoms with Crippen LogP contribution in [-0.4, -0.2) is 70.2 Å². The number of benzene rings is 2. The highest BCUT2D eigenvalue weighted by atomic mass is 16.2. The largest absolute Gasteiger partial charge is 0.352 e. The fourth-order valence-electron chi connectivity index (χ4n) is 4.33. The first-order chi connectivity index (χ1) is 17.1. The van der Waals surface area contributed by atoms with Gasteiger partial charge in [-0.1, -0.05) is 60.7 Å². The summed E-state index contributed by atoms with van der Waals surface area (Å²) in [4.78, 5) is 28.9. The van der Waals surface area contributed by atoms with Crippen LogP contribution in [0.15, 0.2) is 72.9 Å². The second-order valence-corrected chi connectivity index (χ2v) is 9.26. The van der Waals surface area contributed by atoms with Crippen molar-refractivity contribution in [3.63, 3.8) is 0 Å².